The number of benzene rings is 1. The molecule has 27 heavy (non-hydrogen) atoms. The Hall–Kier alpha value is -3.27. The van der Waals surface area contributed by atoms with Gasteiger partial charge in [0.25, 0.3) is 11.6 Å². The Kier molecular flexibility index (Phi) is 6.61. The van der Waals surface area contributed by atoms with Gasteiger partial charge in [0.05, 0.1) is 4.92 Å². The van der Waals surface area contributed by atoms with E-state index in [9.17, 15) is 19.7 Å². The van der Waals surface area contributed by atoms with Gasteiger partial charge >= 0.3 is 5.97 Å². The molecule has 0 atom stereocenters. The number of halogens is 1. The van der Waals surface area contributed by atoms with Crippen LogP contribution in [0.25, 0.3) is 0 Å². The number of carbonyl (C=O) groups is 2. The number of ether oxygens (including phenoxy) is 1. The maximum absolute atomic E-state index is 11.9. The standard InChI is InChI=1S/C16H16ClN5O5/c1-10-3-4-11(12(7-10)22(25)26)18-15(23)9-27-16(24)8-21(2)14-6-5-13(17)19-20-14/h3-7H,8-9H2,1-2H3,(H,18,23). The number of esters is 1. The lowest BCUT2D eigenvalue weighted by atomic mass is 10.2. The molecule has 2 rings (SSSR count). The van der Waals surface area contributed by atoms with Crippen LogP contribution in [0.15, 0.2) is 30.3 Å². The molecule has 0 fully saturated rings. The summed E-state index contributed by atoms with van der Waals surface area (Å²) < 4.78 is 4.88. The quantitative estimate of drug-likeness (QED) is 0.429. The second-order valence-electron chi connectivity index (χ2n) is 5.56. The monoisotopic (exact) mass is 393 g/mol. The predicted molar refractivity (Wildman–Crippen MR) is 97.7 cm³/mol. The molecule has 1 aromatic heterocycles. The molecule has 0 aliphatic rings. The minimum absolute atomic E-state index is 0.0280. The third kappa shape index (κ3) is 5.89. The molecule has 0 saturated heterocycles. The Morgan fingerprint density at radius 1 is 1.30 bits per heavy atom. The summed E-state index contributed by atoms with van der Waals surface area (Å²) in [5.74, 6) is -0.969. The molecule has 11 heteroatoms. The molecule has 1 heterocycles. The fraction of sp³-hybridized carbons (Fsp3) is 0.250. The molecule has 0 radical (unpaired) electrons. The number of aromatic nitrogens is 2. The van der Waals surface area contributed by atoms with Gasteiger partial charge in [0.1, 0.15) is 12.2 Å². The number of nitro benzene ring substituents is 1. The smallest absolute Gasteiger partial charge is 0.326 e. The fourth-order valence-electron chi connectivity index (χ4n) is 2.06. The molecule has 1 aromatic carbocycles. The van der Waals surface area contributed by atoms with Crippen molar-refractivity contribution in [3.63, 3.8) is 0 Å². The first-order chi connectivity index (χ1) is 12.8. The number of likely N-dealkylation sites (N-methyl/N-ethyl adjacent to an activating group) is 1. The summed E-state index contributed by atoms with van der Waals surface area (Å²) in [5, 5.41) is 21.1. The summed E-state index contributed by atoms with van der Waals surface area (Å²) in [6, 6.07) is 7.47. The fourth-order valence-corrected chi connectivity index (χ4v) is 2.16. The lowest BCUT2D eigenvalue weighted by Gasteiger charge is -2.16. The minimum atomic E-state index is -0.691. The summed E-state index contributed by atoms with van der Waals surface area (Å²) in [6.45, 7) is 0.945. The van der Waals surface area contributed by atoms with Crippen LogP contribution in [0.4, 0.5) is 17.2 Å². The van der Waals surface area contributed by atoms with E-state index in [0.717, 1.165) is 0 Å². The highest BCUT2D eigenvalue weighted by atomic mass is 35.5. The molecule has 0 bridgehead atoms. The lowest BCUT2D eigenvalue weighted by molar-refractivity contribution is -0.384. The van der Waals surface area contributed by atoms with E-state index in [1.54, 1.807) is 26.1 Å². The van der Waals surface area contributed by atoms with Crippen molar-refractivity contribution in [1.29, 1.82) is 0 Å². The molecule has 0 aliphatic heterocycles. The molecular formula is C16H16ClN5O5. The average molecular weight is 394 g/mol. The van der Waals surface area contributed by atoms with Crippen molar-refractivity contribution in [2.75, 3.05) is 30.4 Å². The molecule has 0 saturated carbocycles. The SMILES string of the molecule is Cc1ccc(NC(=O)COC(=O)CN(C)c2ccc(Cl)nn2)c([N+](=O)[O-])c1. The van der Waals surface area contributed by atoms with Crippen molar-refractivity contribution in [2.45, 2.75) is 6.92 Å². The minimum Gasteiger partial charge on any atom is -0.454 e. The lowest BCUT2D eigenvalue weighted by Crippen LogP contribution is -2.30. The van der Waals surface area contributed by atoms with E-state index in [4.69, 9.17) is 16.3 Å². The van der Waals surface area contributed by atoms with Gasteiger partial charge in [0.2, 0.25) is 0 Å². The average Bonchev–Trinajstić information content (AvgIpc) is 2.62. The van der Waals surface area contributed by atoms with Crippen LogP contribution in [0, 0.1) is 17.0 Å². The Balaban J connectivity index is 1.87. The van der Waals surface area contributed by atoms with E-state index in [0.29, 0.717) is 11.4 Å². The van der Waals surface area contributed by atoms with Crippen molar-refractivity contribution in [3.8, 4) is 0 Å². The predicted octanol–water partition coefficient (Wildman–Crippen LogP) is 1.96. The van der Waals surface area contributed by atoms with Crippen LogP contribution in [-0.2, 0) is 14.3 Å². The third-order valence-electron chi connectivity index (χ3n) is 3.36. The zero-order chi connectivity index (χ0) is 20.0. The van der Waals surface area contributed by atoms with Crippen molar-refractivity contribution in [3.05, 3.63) is 51.2 Å². The van der Waals surface area contributed by atoms with Crippen molar-refractivity contribution < 1.29 is 19.2 Å². The molecule has 0 spiro atoms. The second kappa shape index (κ2) is 8.90. The van der Waals surface area contributed by atoms with E-state index in [-0.39, 0.29) is 23.1 Å². The van der Waals surface area contributed by atoms with Crippen LogP contribution in [-0.4, -0.2) is 47.2 Å². The molecule has 1 amide bonds. The highest BCUT2D eigenvalue weighted by molar-refractivity contribution is 6.29. The van der Waals surface area contributed by atoms with E-state index in [2.05, 4.69) is 15.5 Å². The Morgan fingerprint density at radius 3 is 2.67 bits per heavy atom. The molecule has 2 aromatic rings. The van der Waals surface area contributed by atoms with Gasteiger partial charge in [0.15, 0.2) is 17.6 Å². The maximum atomic E-state index is 11.9. The first-order valence-corrected chi connectivity index (χ1v) is 8.05. The maximum Gasteiger partial charge on any atom is 0.326 e. The van der Waals surface area contributed by atoms with Crippen LogP contribution in [0.1, 0.15) is 5.56 Å². The summed E-state index contributed by atoms with van der Waals surface area (Å²) >= 11 is 5.64. The number of nitrogens with zero attached hydrogens (tertiary/aromatic N) is 4. The zero-order valence-corrected chi connectivity index (χ0v) is 15.3. The molecular weight excluding hydrogens is 378 g/mol. The number of amides is 1. The Morgan fingerprint density at radius 2 is 2.04 bits per heavy atom. The normalized spacial score (nSPS) is 10.2. The number of rotatable bonds is 7. The van der Waals surface area contributed by atoms with Gasteiger partial charge in [-0.25, -0.2) is 0 Å². The Bertz CT molecular complexity index is 859. The number of aryl methyl sites for hydroxylation is 1. The summed E-state index contributed by atoms with van der Waals surface area (Å²) in [4.78, 5) is 35.7. The third-order valence-corrected chi connectivity index (χ3v) is 3.57. The molecule has 10 nitrogen and oxygen atoms in total. The van der Waals surface area contributed by atoms with Crippen molar-refractivity contribution in [2.24, 2.45) is 0 Å². The number of hydrogen-bond acceptors (Lipinski definition) is 8. The highest BCUT2D eigenvalue weighted by Crippen LogP contribution is 2.25. The summed E-state index contributed by atoms with van der Waals surface area (Å²) in [5.41, 5.74) is 0.468. The summed E-state index contributed by atoms with van der Waals surface area (Å²) in [6.07, 6.45) is 0. The molecule has 0 aliphatic carbocycles. The highest BCUT2D eigenvalue weighted by Gasteiger charge is 2.17. The van der Waals surface area contributed by atoms with E-state index in [1.807, 2.05) is 0 Å². The zero-order valence-electron chi connectivity index (χ0n) is 14.5. The second-order valence-corrected chi connectivity index (χ2v) is 5.94. The molecule has 142 valence electrons. The number of hydrogen-bond donors (Lipinski definition) is 1. The largest absolute Gasteiger partial charge is 0.454 e. The van der Waals surface area contributed by atoms with Crippen LogP contribution in [0.5, 0.6) is 0 Å². The van der Waals surface area contributed by atoms with Crippen LogP contribution >= 0.6 is 11.6 Å². The van der Waals surface area contributed by atoms with Crippen LogP contribution in [0.3, 0.4) is 0 Å². The van der Waals surface area contributed by atoms with Gasteiger partial charge in [-0.3, -0.25) is 19.7 Å². The number of anilines is 2. The van der Waals surface area contributed by atoms with Crippen LogP contribution < -0.4 is 10.2 Å². The number of carbonyl (C=O) groups excluding carboxylic acids is 2. The van der Waals surface area contributed by atoms with Crippen molar-refractivity contribution in [1.82, 2.24) is 10.2 Å². The first kappa shape index (κ1) is 20.0. The Labute approximate surface area is 159 Å². The van der Waals surface area contributed by atoms with Gasteiger partial charge in [0, 0.05) is 13.1 Å². The topological polar surface area (TPSA) is 128 Å². The van der Waals surface area contributed by atoms with Gasteiger partial charge in [-0.1, -0.05) is 17.7 Å². The van der Waals surface area contributed by atoms with Gasteiger partial charge in [-0.05, 0) is 30.7 Å². The van der Waals surface area contributed by atoms with E-state index < -0.39 is 23.4 Å². The number of nitro groups is 1. The first-order valence-electron chi connectivity index (χ1n) is 7.67. The molecule has 0 unspecified atom stereocenters. The van der Waals surface area contributed by atoms with E-state index >= 15 is 0 Å². The van der Waals surface area contributed by atoms with Gasteiger partial charge in [-0.15, -0.1) is 10.2 Å². The molecule has 1 N–H and O–H groups in total. The summed E-state index contributed by atoms with van der Waals surface area (Å²) in [7, 11) is 1.59. The van der Waals surface area contributed by atoms with Gasteiger partial charge in [-0.2, -0.15) is 0 Å². The van der Waals surface area contributed by atoms with E-state index in [1.165, 1.54) is 23.1 Å². The van der Waals surface area contributed by atoms with Gasteiger partial charge < -0.3 is 15.0 Å². The van der Waals surface area contributed by atoms with Crippen molar-refractivity contribution >= 4 is 40.7 Å². The number of nitrogens with one attached hydrogen (secondary N) is 1. The van der Waals surface area contributed by atoms with Crippen LogP contribution in [0.2, 0.25) is 5.15 Å².